The van der Waals surface area contributed by atoms with Crippen LogP contribution in [0.1, 0.15) is 16.8 Å². The SMILES string of the molecule is COc1c(C)cnc(CC(=O)CSc2ccccc2)c1C. The van der Waals surface area contributed by atoms with Crippen molar-refractivity contribution >= 4 is 17.5 Å². The molecule has 1 aromatic carbocycles. The van der Waals surface area contributed by atoms with E-state index in [0.717, 1.165) is 27.5 Å². The van der Waals surface area contributed by atoms with Gasteiger partial charge in [0.05, 0.1) is 18.6 Å². The third kappa shape index (κ3) is 4.08. The highest BCUT2D eigenvalue weighted by Crippen LogP contribution is 2.25. The number of carbonyl (C=O) groups is 1. The number of aryl methyl sites for hydroxylation is 1. The van der Waals surface area contributed by atoms with Gasteiger partial charge in [0, 0.05) is 28.6 Å². The molecule has 0 N–H and O–H groups in total. The summed E-state index contributed by atoms with van der Waals surface area (Å²) in [4.78, 5) is 17.6. The third-order valence-electron chi connectivity index (χ3n) is 3.26. The molecule has 1 heterocycles. The van der Waals surface area contributed by atoms with E-state index in [4.69, 9.17) is 4.74 Å². The Morgan fingerprint density at radius 1 is 1.24 bits per heavy atom. The van der Waals surface area contributed by atoms with Gasteiger partial charge in [-0.3, -0.25) is 9.78 Å². The molecule has 0 unspecified atom stereocenters. The highest BCUT2D eigenvalue weighted by molar-refractivity contribution is 8.00. The first kappa shape index (κ1) is 15.6. The molecule has 110 valence electrons. The first-order chi connectivity index (χ1) is 10.1. The topological polar surface area (TPSA) is 39.2 Å². The Bertz CT molecular complexity index is 626. The summed E-state index contributed by atoms with van der Waals surface area (Å²) in [7, 11) is 1.65. The second kappa shape index (κ2) is 7.27. The third-order valence-corrected chi connectivity index (χ3v) is 4.33. The van der Waals surface area contributed by atoms with Crippen molar-refractivity contribution in [2.75, 3.05) is 12.9 Å². The number of ether oxygens (including phenoxy) is 1. The zero-order valence-electron chi connectivity index (χ0n) is 12.6. The zero-order valence-corrected chi connectivity index (χ0v) is 13.4. The van der Waals surface area contributed by atoms with Crippen LogP contribution >= 0.6 is 11.8 Å². The molecule has 0 aliphatic heterocycles. The molecule has 2 rings (SSSR count). The predicted octanol–water partition coefficient (Wildman–Crippen LogP) is 3.61. The summed E-state index contributed by atoms with van der Waals surface area (Å²) in [5, 5.41) is 0. The van der Waals surface area contributed by atoms with E-state index in [9.17, 15) is 4.79 Å². The van der Waals surface area contributed by atoms with E-state index < -0.39 is 0 Å². The average molecular weight is 301 g/mol. The first-order valence-electron chi connectivity index (χ1n) is 6.80. The number of carbonyl (C=O) groups excluding carboxylic acids is 1. The Labute approximate surface area is 129 Å². The molecular weight excluding hydrogens is 282 g/mol. The van der Waals surface area contributed by atoms with Crippen molar-refractivity contribution in [3.8, 4) is 5.75 Å². The van der Waals surface area contributed by atoms with Crippen LogP contribution in [-0.4, -0.2) is 23.6 Å². The molecule has 0 saturated carbocycles. The number of methoxy groups -OCH3 is 1. The summed E-state index contributed by atoms with van der Waals surface area (Å²) in [5.41, 5.74) is 2.75. The largest absolute Gasteiger partial charge is 0.496 e. The molecular formula is C17H19NO2S. The summed E-state index contributed by atoms with van der Waals surface area (Å²) in [6, 6.07) is 9.94. The Balaban J connectivity index is 2.00. The fraction of sp³-hybridized carbons (Fsp3) is 0.294. The molecule has 2 aromatic rings. The van der Waals surface area contributed by atoms with Crippen LogP contribution < -0.4 is 4.74 Å². The number of ketones is 1. The van der Waals surface area contributed by atoms with Crippen molar-refractivity contribution in [3.63, 3.8) is 0 Å². The molecule has 3 nitrogen and oxygen atoms in total. The molecule has 0 radical (unpaired) electrons. The van der Waals surface area contributed by atoms with Gasteiger partial charge in [-0.15, -0.1) is 11.8 Å². The number of pyridine rings is 1. The number of hydrogen-bond acceptors (Lipinski definition) is 4. The molecule has 0 saturated heterocycles. The zero-order chi connectivity index (χ0) is 15.2. The lowest BCUT2D eigenvalue weighted by Gasteiger charge is -2.11. The van der Waals surface area contributed by atoms with Crippen LogP contribution in [0, 0.1) is 13.8 Å². The van der Waals surface area contributed by atoms with Crippen molar-refractivity contribution in [2.45, 2.75) is 25.2 Å². The standard InChI is InChI=1S/C17H19NO2S/c1-12-10-18-16(13(2)17(12)20-3)9-14(19)11-21-15-7-5-4-6-8-15/h4-8,10H,9,11H2,1-3H3. The number of hydrogen-bond donors (Lipinski definition) is 0. The summed E-state index contributed by atoms with van der Waals surface area (Å²) in [6.45, 7) is 3.90. The molecule has 4 heteroatoms. The van der Waals surface area contributed by atoms with Gasteiger partial charge < -0.3 is 4.74 Å². The number of Topliss-reactive ketones (excluding diaryl/α,β-unsaturated/α-hetero) is 1. The van der Waals surface area contributed by atoms with E-state index >= 15 is 0 Å². The van der Waals surface area contributed by atoms with Crippen LogP contribution in [0.5, 0.6) is 5.75 Å². The maximum absolute atomic E-state index is 12.1. The molecule has 21 heavy (non-hydrogen) atoms. The van der Waals surface area contributed by atoms with Gasteiger partial charge in [-0.25, -0.2) is 0 Å². The lowest BCUT2D eigenvalue weighted by Crippen LogP contribution is -2.09. The Morgan fingerprint density at radius 2 is 1.95 bits per heavy atom. The Morgan fingerprint density at radius 3 is 2.62 bits per heavy atom. The molecule has 0 aliphatic carbocycles. The van der Waals surface area contributed by atoms with Crippen molar-refractivity contribution in [2.24, 2.45) is 0 Å². The number of thioether (sulfide) groups is 1. The molecule has 0 bridgehead atoms. The first-order valence-corrected chi connectivity index (χ1v) is 7.79. The summed E-state index contributed by atoms with van der Waals surface area (Å²) in [6.07, 6.45) is 2.11. The number of benzene rings is 1. The fourth-order valence-corrected chi connectivity index (χ4v) is 2.95. The lowest BCUT2D eigenvalue weighted by molar-refractivity contribution is -0.116. The van der Waals surface area contributed by atoms with E-state index in [1.165, 1.54) is 0 Å². The summed E-state index contributed by atoms with van der Waals surface area (Å²) >= 11 is 1.56. The Hall–Kier alpha value is -1.81. The lowest BCUT2D eigenvalue weighted by atomic mass is 10.1. The maximum atomic E-state index is 12.1. The normalized spacial score (nSPS) is 10.4. The van der Waals surface area contributed by atoms with Gasteiger partial charge in [-0.1, -0.05) is 18.2 Å². The minimum atomic E-state index is 0.172. The van der Waals surface area contributed by atoms with Gasteiger partial charge in [0.2, 0.25) is 0 Å². The summed E-state index contributed by atoms with van der Waals surface area (Å²) in [5.74, 6) is 1.45. The number of nitrogens with zero attached hydrogens (tertiary/aromatic N) is 1. The minimum absolute atomic E-state index is 0.172. The Kier molecular flexibility index (Phi) is 5.39. The van der Waals surface area contributed by atoms with Crippen molar-refractivity contribution < 1.29 is 9.53 Å². The highest BCUT2D eigenvalue weighted by Gasteiger charge is 2.13. The summed E-state index contributed by atoms with van der Waals surface area (Å²) < 4.78 is 5.37. The van der Waals surface area contributed by atoms with E-state index in [0.29, 0.717) is 12.2 Å². The van der Waals surface area contributed by atoms with Crippen molar-refractivity contribution in [1.29, 1.82) is 0 Å². The van der Waals surface area contributed by atoms with Crippen LogP contribution in [-0.2, 0) is 11.2 Å². The van der Waals surface area contributed by atoms with E-state index in [1.807, 2.05) is 44.2 Å². The van der Waals surface area contributed by atoms with Crippen LogP contribution in [0.2, 0.25) is 0 Å². The fourth-order valence-electron chi connectivity index (χ4n) is 2.17. The molecule has 0 aliphatic rings. The molecule has 0 amide bonds. The smallest absolute Gasteiger partial charge is 0.149 e. The number of aromatic nitrogens is 1. The second-order valence-electron chi connectivity index (χ2n) is 4.86. The molecule has 1 aromatic heterocycles. The highest BCUT2D eigenvalue weighted by atomic mass is 32.2. The van der Waals surface area contributed by atoms with Gasteiger partial charge in [0.1, 0.15) is 11.5 Å². The van der Waals surface area contributed by atoms with Gasteiger partial charge >= 0.3 is 0 Å². The van der Waals surface area contributed by atoms with Crippen molar-refractivity contribution in [3.05, 3.63) is 53.3 Å². The van der Waals surface area contributed by atoms with Gasteiger partial charge in [0.25, 0.3) is 0 Å². The average Bonchev–Trinajstić information content (AvgIpc) is 2.50. The van der Waals surface area contributed by atoms with Gasteiger partial charge in [0.15, 0.2) is 0 Å². The van der Waals surface area contributed by atoms with Crippen LogP contribution in [0.25, 0.3) is 0 Å². The van der Waals surface area contributed by atoms with Crippen molar-refractivity contribution in [1.82, 2.24) is 4.98 Å². The monoisotopic (exact) mass is 301 g/mol. The van der Waals surface area contributed by atoms with Crippen LogP contribution in [0.3, 0.4) is 0 Å². The van der Waals surface area contributed by atoms with Crippen LogP contribution in [0.15, 0.2) is 41.4 Å². The van der Waals surface area contributed by atoms with Gasteiger partial charge in [-0.2, -0.15) is 0 Å². The quantitative estimate of drug-likeness (QED) is 0.764. The molecule has 0 spiro atoms. The predicted molar refractivity (Wildman–Crippen MR) is 86.1 cm³/mol. The van der Waals surface area contributed by atoms with E-state index in [-0.39, 0.29) is 5.78 Å². The molecule has 0 fully saturated rings. The molecule has 0 atom stereocenters. The van der Waals surface area contributed by atoms with E-state index in [2.05, 4.69) is 4.98 Å². The number of rotatable bonds is 6. The maximum Gasteiger partial charge on any atom is 0.149 e. The minimum Gasteiger partial charge on any atom is -0.496 e. The van der Waals surface area contributed by atoms with Gasteiger partial charge in [-0.05, 0) is 26.0 Å². The van der Waals surface area contributed by atoms with Crippen LogP contribution in [0.4, 0.5) is 0 Å². The second-order valence-corrected chi connectivity index (χ2v) is 5.91. The van der Waals surface area contributed by atoms with E-state index in [1.54, 1.807) is 25.1 Å².